The Morgan fingerprint density at radius 1 is 0.557 bits per heavy atom. The van der Waals surface area contributed by atoms with Gasteiger partial charge in [-0.05, 0) is 145 Å². The van der Waals surface area contributed by atoms with Crippen molar-refractivity contribution in [3.63, 3.8) is 0 Å². The van der Waals surface area contributed by atoms with Crippen molar-refractivity contribution in [2.45, 2.75) is 82.8 Å². The van der Waals surface area contributed by atoms with Crippen LogP contribution < -0.4 is 5.32 Å². The fraction of sp³-hybridized carbons (Fsp3) is 0.231. The van der Waals surface area contributed by atoms with Gasteiger partial charge in [-0.25, -0.2) is 9.98 Å². The summed E-state index contributed by atoms with van der Waals surface area (Å²) in [6.45, 7) is 0. The van der Waals surface area contributed by atoms with Gasteiger partial charge in [-0.2, -0.15) is 0 Å². The summed E-state index contributed by atoms with van der Waals surface area (Å²) in [7, 11) is 0. The van der Waals surface area contributed by atoms with Gasteiger partial charge >= 0.3 is 0 Å². The molecule has 0 bridgehead atoms. The number of benzene rings is 4. The summed E-state index contributed by atoms with van der Waals surface area (Å²) in [6, 6.07) is 35.4. The van der Waals surface area contributed by atoms with Gasteiger partial charge in [0.1, 0.15) is 11.7 Å². The van der Waals surface area contributed by atoms with Gasteiger partial charge in [0.15, 0.2) is 6.17 Å². The van der Waals surface area contributed by atoms with E-state index in [1.54, 1.807) is 0 Å². The molecule has 0 saturated heterocycles. The third kappa shape index (κ3) is 6.95. The van der Waals surface area contributed by atoms with Crippen molar-refractivity contribution in [3.8, 4) is 11.1 Å². The van der Waals surface area contributed by atoms with Crippen LogP contribution in [-0.4, -0.2) is 27.3 Å². The maximum absolute atomic E-state index is 5.45. The largest absolute Gasteiger partial charge is 0.339 e. The number of nitrogens with one attached hydrogen (secondary N) is 1. The molecular formula is C65H57N5. The predicted molar refractivity (Wildman–Crippen MR) is 290 cm³/mol. The van der Waals surface area contributed by atoms with E-state index in [2.05, 4.69) is 197 Å². The second-order valence-corrected chi connectivity index (χ2v) is 20.3. The van der Waals surface area contributed by atoms with E-state index < -0.39 is 0 Å². The topological polar surface area (TPSA) is 44.9 Å². The molecule has 70 heavy (non-hydrogen) atoms. The van der Waals surface area contributed by atoms with Crippen molar-refractivity contribution in [2.24, 2.45) is 21.8 Å². The van der Waals surface area contributed by atoms with Crippen LogP contribution in [0.3, 0.4) is 0 Å². The number of amidine groups is 2. The Labute approximate surface area is 411 Å². The molecule has 342 valence electrons. The molecule has 9 aliphatic rings. The van der Waals surface area contributed by atoms with Crippen LogP contribution in [-0.2, 0) is 12.8 Å². The zero-order chi connectivity index (χ0) is 46.1. The van der Waals surface area contributed by atoms with Crippen LogP contribution >= 0.6 is 0 Å². The van der Waals surface area contributed by atoms with E-state index in [0.717, 1.165) is 87.9 Å². The average molecular weight is 908 g/mol. The number of aryl methyl sites for hydroxylation is 1. The van der Waals surface area contributed by atoms with Crippen LogP contribution in [0.2, 0.25) is 0 Å². The molecule has 7 aliphatic carbocycles. The molecule has 0 saturated carbocycles. The monoisotopic (exact) mass is 907 g/mol. The summed E-state index contributed by atoms with van der Waals surface area (Å²) >= 11 is 0. The fourth-order valence-electron chi connectivity index (χ4n) is 13.1. The summed E-state index contributed by atoms with van der Waals surface area (Å²) in [5, 5.41) is 5.25. The molecule has 4 atom stereocenters. The van der Waals surface area contributed by atoms with Gasteiger partial charge in [0.25, 0.3) is 0 Å². The first-order chi connectivity index (χ1) is 34.7. The molecule has 0 spiro atoms. The number of fused-ring (bicyclic) bond motifs is 8. The number of nitrogens with zero attached hydrogens (tertiary/aromatic N) is 4. The Hall–Kier alpha value is -7.50. The Balaban J connectivity index is 0.837. The molecule has 1 aromatic heterocycles. The second kappa shape index (κ2) is 17.2. The molecule has 1 N–H and O–H groups in total. The summed E-state index contributed by atoms with van der Waals surface area (Å²) in [5.41, 5.74) is 23.3. The first kappa shape index (κ1) is 41.5. The number of allylic oxidation sites excluding steroid dienone is 17. The molecule has 3 heterocycles. The minimum atomic E-state index is -0.288. The molecule has 0 amide bonds. The van der Waals surface area contributed by atoms with E-state index >= 15 is 0 Å². The third-order valence-corrected chi connectivity index (χ3v) is 16.5. The Morgan fingerprint density at radius 2 is 1.29 bits per heavy atom. The van der Waals surface area contributed by atoms with Crippen LogP contribution in [0, 0.1) is 11.8 Å². The third-order valence-electron chi connectivity index (χ3n) is 16.5. The standard InChI is InChI=1S/C65H57N5/c1-3-15-42(16-4-1)44-27-31-47(32-28-44)63-66-64(48-33-29-45(30-34-48)43-17-5-2-6-18-43)68-65(67-63)49-35-38-51(39-36-49)69-56-25-13-12-24-55(56)61-59(69)41-50-20-8-10-22-53(50)62(61)70-57-26-14-11-23-54(57)60-52-21-9-7-19-46(52)37-40-58(60)70/h1-6,8-12,15-18,20-21,23-24,27-29,31-33,35,37-38,40-41,53,61-62,64H,7,13-14,19,22,25-26,30,34,36,39H2,(H,66,67,68). The lowest BCUT2D eigenvalue weighted by Gasteiger charge is -2.43. The Morgan fingerprint density at radius 3 is 2.10 bits per heavy atom. The van der Waals surface area contributed by atoms with Crippen molar-refractivity contribution in [1.82, 2.24) is 14.8 Å². The molecule has 5 nitrogen and oxygen atoms in total. The molecule has 2 aliphatic heterocycles. The Bertz CT molecular complexity index is 3420. The summed E-state index contributed by atoms with van der Waals surface area (Å²) in [4.78, 5) is 13.5. The number of hydrogen-bond donors (Lipinski definition) is 1. The molecule has 14 rings (SSSR count). The lowest BCUT2D eigenvalue weighted by atomic mass is 9.71. The lowest BCUT2D eigenvalue weighted by Crippen LogP contribution is -2.39. The number of aliphatic imine (C=N–C) groups is 2. The maximum atomic E-state index is 5.45. The zero-order valence-corrected chi connectivity index (χ0v) is 39.7. The molecule has 5 heteroatoms. The van der Waals surface area contributed by atoms with E-state index in [1.165, 1.54) is 94.9 Å². The van der Waals surface area contributed by atoms with Gasteiger partial charge in [0, 0.05) is 56.7 Å². The second-order valence-electron chi connectivity index (χ2n) is 20.3. The van der Waals surface area contributed by atoms with E-state index in [4.69, 9.17) is 9.98 Å². The zero-order valence-electron chi connectivity index (χ0n) is 39.7. The highest BCUT2D eigenvalue weighted by atomic mass is 15.2. The highest BCUT2D eigenvalue weighted by molar-refractivity contribution is 6.16. The van der Waals surface area contributed by atoms with E-state index in [1.807, 2.05) is 0 Å². The molecule has 4 unspecified atom stereocenters. The van der Waals surface area contributed by atoms with Crippen molar-refractivity contribution in [3.05, 3.63) is 243 Å². The van der Waals surface area contributed by atoms with Gasteiger partial charge in [0.2, 0.25) is 0 Å². The number of hydrogen-bond acceptors (Lipinski definition) is 4. The van der Waals surface area contributed by atoms with Crippen molar-refractivity contribution < 1.29 is 0 Å². The SMILES string of the molecule is C1=CCC2C(=C1)C=C1C(C3=C(CCC=C3)N1C1=CC=C(C3=NC(C4=CC=C(c5ccccc5)CC4)N=C(c4ccc(-c5ccccc5)cc4)N3)CC1)C2n1c2c(c3c4c(ccc31)CCC=C4)C=CCC2. The van der Waals surface area contributed by atoms with Gasteiger partial charge in [-0.1, -0.05) is 164 Å². The van der Waals surface area contributed by atoms with Crippen LogP contribution in [0.1, 0.15) is 97.3 Å². The summed E-state index contributed by atoms with van der Waals surface area (Å²) in [5.74, 6) is 2.48. The van der Waals surface area contributed by atoms with Gasteiger partial charge in [0.05, 0.1) is 6.04 Å². The summed E-state index contributed by atoms with van der Waals surface area (Å²) < 4.78 is 2.87. The molecule has 4 aromatic carbocycles. The van der Waals surface area contributed by atoms with Crippen LogP contribution in [0.15, 0.2) is 219 Å². The highest BCUT2D eigenvalue weighted by Crippen LogP contribution is 2.58. The minimum Gasteiger partial charge on any atom is -0.339 e. The highest BCUT2D eigenvalue weighted by Gasteiger charge is 2.49. The molecule has 0 fully saturated rings. The quantitative estimate of drug-likeness (QED) is 0.177. The van der Waals surface area contributed by atoms with E-state index in [9.17, 15) is 0 Å². The molecule has 0 radical (unpaired) electrons. The van der Waals surface area contributed by atoms with Crippen LogP contribution in [0.5, 0.6) is 0 Å². The Kier molecular flexibility index (Phi) is 10.2. The number of rotatable bonds is 7. The van der Waals surface area contributed by atoms with Crippen molar-refractivity contribution in [2.75, 3.05) is 0 Å². The fourth-order valence-corrected chi connectivity index (χ4v) is 13.1. The smallest absolute Gasteiger partial charge is 0.166 e. The first-order valence-electron chi connectivity index (χ1n) is 26.0. The van der Waals surface area contributed by atoms with Crippen LogP contribution in [0.4, 0.5) is 0 Å². The summed E-state index contributed by atoms with van der Waals surface area (Å²) in [6.07, 6.45) is 44.8. The van der Waals surface area contributed by atoms with Gasteiger partial charge in [-0.15, -0.1) is 0 Å². The van der Waals surface area contributed by atoms with E-state index in [0.29, 0.717) is 5.92 Å². The minimum absolute atomic E-state index is 0.265. The first-order valence-corrected chi connectivity index (χ1v) is 26.0. The lowest BCUT2D eigenvalue weighted by molar-refractivity contribution is 0.288. The van der Waals surface area contributed by atoms with Gasteiger partial charge < -0.3 is 14.8 Å². The molecular weight excluding hydrogens is 851 g/mol. The predicted octanol–water partition coefficient (Wildman–Crippen LogP) is 14.9. The van der Waals surface area contributed by atoms with E-state index in [-0.39, 0.29) is 18.1 Å². The van der Waals surface area contributed by atoms with Gasteiger partial charge in [-0.3, -0.25) is 0 Å². The normalized spacial score (nSPS) is 24.1. The maximum Gasteiger partial charge on any atom is 0.166 e. The molecule has 5 aromatic rings. The number of aromatic nitrogens is 1. The average Bonchev–Trinajstić information content (AvgIpc) is 3.96. The van der Waals surface area contributed by atoms with Crippen molar-refractivity contribution in [1.29, 1.82) is 0 Å². The van der Waals surface area contributed by atoms with Crippen LogP contribution in [0.25, 0.3) is 39.8 Å². The van der Waals surface area contributed by atoms with Crippen molar-refractivity contribution >= 4 is 40.3 Å².